The number of rotatable bonds is 5. The van der Waals surface area contributed by atoms with Gasteiger partial charge < -0.3 is 36.3 Å². The Bertz CT molecular complexity index is 349. The lowest BCUT2D eigenvalue weighted by molar-refractivity contribution is -0.298. The molecule has 0 aliphatic carbocycles. The standard InChI is InChI=1S/C10H18N2O7/c1-2-3(8(11)16)18-10-6(15)4(13)5(14)7(19-10)9(12)17/h3-7,10,13-15H,2H2,1H3,(H2,11,16)(H2,12,17)/t3?,4?,5-,6+,7?,10-/m1/s1. The molecule has 1 heterocycles. The van der Waals surface area contributed by atoms with E-state index in [2.05, 4.69) is 0 Å². The summed E-state index contributed by atoms with van der Waals surface area (Å²) in [5.74, 6) is -1.81. The molecule has 0 saturated carbocycles. The lowest BCUT2D eigenvalue weighted by Crippen LogP contribution is -2.62. The molecule has 0 radical (unpaired) electrons. The highest BCUT2D eigenvalue weighted by molar-refractivity contribution is 5.80. The first-order valence-corrected chi connectivity index (χ1v) is 5.73. The number of carbonyl (C=O) groups is 2. The molecule has 2 amide bonds. The predicted octanol–water partition coefficient (Wildman–Crippen LogP) is -3.44. The van der Waals surface area contributed by atoms with Gasteiger partial charge in [-0.15, -0.1) is 0 Å². The highest BCUT2D eigenvalue weighted by Crippen LogP contribution is 2.23. The zero-order chi connectivity index (χ0) is 14.7. The molecule has 0 bridgehead atoms. The number of nitrogens with two attached hydrogens (primary N) is 2. The third kappa shape index (κ3) is 3.39. The van der Waals surface area contributed by atoms with Crippen molar-refractivity contribution >= 4 is 11.8 Å². The molecule has 0 aromatic carbocycles. The van der Waals surface area contributed by atoms with E-state index in [9.17, 15) is 24.9 Å². The fraction of sp³-hybridized carbons (Fsp3) is 0.800. The highest BCUT2D eigenvalue weighted by atomic mass is 16.7. The monoisotopic (exact) mass is 278 g/mol. The van der Waals surface area contributed by atoms with Crippen LogP contribution in [0, 0.1) is 0 Å². The van der Waals surface area contributed by atoms with E-state index < -0.39 is 48.6 Å². The predicted molar refractivity (Wildman–Crippen MR) is 60.2 cm³/mol. The first kappa shape index (κ1) is 15.8. The van der Waals surface area contributed by atoms with Crippen LogP contribution < -0.4 is 11.5 Å². The van der Waals surface area contributed by atoms with Crippen molar-refractivity contribution in [1.29, 1.82) is 0 Å². The molecule has 0 aromatic rings. The molecule has 1 fully saturated rings. The zero-order valence-electron chi connectivity index (χ0n) is 10.3. The van der Waals surface area contributed by atoms with Crippen LogP contribution in [-0.2, 0) is 19.1 Å². The van der Waals surface area contributed by atoms with Gasteiger partial charge in [-0.3, -0.25) is 9.59 Å². The summed E-state index contributed by atoms with van der Waals surface area (Å²) in [6.07, 6.45) is -8.90. The number of primary amides is 2. The van der Waals surface area contributed by atoms with Gasteiger partial charge in [0.25, 0.3) is 0 Å². The fourth-order valence-electron chi connectivity index (χ4n) is 1.72. The van der Waals surface area contributed by atoms with Crippen LogP contribution in [0.4, 0.5) is 0 Å². The molecule has 19 heavy (non-hydrogen) atoms. The van der Waals surface area contributed by atoms with Gasteiger partial charge in [0.2, 0.25) is 11.8 Å². The Morgan fingerprint density at radius 1 is 1.21 bits per heavy atom. The van der Waals surface area contributed by atoms with Gasteiger partial charge in [-0.1, -0.05) is 6.92 Å². The smallest absolute Gasteiger partial charge is 0.249 e. The van der Waals surface area contributed by atoms with Crippen LogP contribution >= 0.6 is 0 Å². The second kappa shape index (κ2) is 6.26. The SMILES string of the molecule is CCC(O[C@@H]1OC(C(N)=O)[C@H](O)C(O)[C@@H]1O)C(N)=O. The lowest BCUT2D eigenvalue weighted by atomic mass is 9.98. The van der Waals surface area contributed by atoms with E-state index >= 15 is 0 Å². The molecular weight excluding hydrogens is 260 g/mol. The third-order valence-corrected chi connectivity index (χ3v) is 2.84. The number of aliphatic hydroxyl groups excluding tert-OH is 3. The van der Waals surface area contributed by atoms with Gasteiger partial charge in [-0.25, -0.2) is 0 Å². The maximum atomic E-state index is 11.0. The van der Waals surface area contributed by atoms with E-state index in [4.69, 9.17) is 20.9 Å². The first-order chi connectivity index (χ1) is 8.79. The van der Waals surface area contributed by atoms with Crippen molar-refractivity contribution in [2.45, 2.75) is 50.2 Å². The Kier molecular flexibility index (Phi) is 5.20. The Morgan fingerprint density at radius 2 is 1.79 bits per heavy atom. The summed E-state index contributed by atoms with van der Waals surface area (Å²) in [6.45, 7) is 1.61. The van der Waals surface area contributed by atoms with Crippen LogP contribution in [0.15, 0.2) is 0 Å². The van der Waals surface area contributed by atoms with Crippen LogP contribution in [-0.4, -0.2) is 63.9 Å². The van der Waals surface area contributed by atoms with Crippen LogP contribution in [0.25, 0.3) is 0 Å². The van der Waals surface area contributed by atoms with Crippen LogP contribution in [0.2, 0.25) is 0 Å². The Labute approximate surface area is 109 Å². The van der Waals surface area contributed by atoms with Gasteiger partial charge in [0.05, 0.1) is 0 Å². The van der Waals surface area contributed by atoms with E-state index in [0.717, 1.165) is 0 Å². The summed E-state index contributed by atoms with van der Waals surface area (Å²) >= 11 is 0. The number of aliphatic hydroxyl groups is 3. The molecule has 1 saturated heterocycles. The second-order valence-corrected chi connectivity index (χ2v) is 4.23. The van der Waals surface area contributed by atoms with Crippen molar-refractivity contribution in [1.82, 2.24) is 0 Å². The number of hydrogen-bond donors (Lipinski definition) is 5. The van der Waals surface area contributed by atoms with Gasteiger partial charge in [0, 0.05) is 0 Å². The van der Waals surface area contributed by atoms with Crippen LogP contribution in [0.1, 0.15) is 13.3 Å². The first-order valence-electron chi connectivity index (χ1n) is 5.73. The minimum Gasteiger partial charge on any atom is -0.387 e. The fourth-order valence-corrected chi connectivity index (χ4v) is 1.72. The van der Waals surface area contributed by atoms with E-state index in [-0.39, 0.29) is 6.42 Å². The van der Waals surface area contributed by atoms with E-state index in [1.54, 1.807) is 6.92 Å². The summed E-state index contributed by atoms with van der Waals surface area (Å²) in [7, 11) is 0. The van der Waals surface area contributed by atoms with Gasteiger partial charge >= 0.3 is 0 Å². The molecule has 1 aliphatic rings. The average Bonchev–Trinajstić information content (AvgIpc) is 2.34. The third-order valence-electron chi connectivity index (χ3n) is 2.84. The van der Waals surface area contributed by atoms with Crippen molar-refractivity contribution in [3.05, 3.63) is 0 Å². The molecule has 3 unspecified atom stereocenters. The lowest BCUT2D eigenvalue weighted by Gasteiger charge is -2.39. The average molecular weight is 278 g/mol. The molecular formula is C10H18N2O7. The summed E-state index contributed by atoms with van der Waals surface area (Å²) in [4.78, 5) is 22.1. The second-order valence-electron chi connectivity index (χ2n) is 4.23. The number of ether oxygens (including phenoxy) is 2. The largest absolute Gasteiger partial charge is 0.387 e. The highest BCUT2D eigenvalue weighted by Gasteiger charge is 2.47. The summed E-state index contributed by atoms with van der Waals surface area (Å²) < 4.78 is 10.0. The van der Waals surface area contributed by atoms with Gasteiger partial charge in [-0.05, 0) is 6.42 Å². The molecule has 1 rings (SSSR count). The zero-order valence-corrected chi connectivity index (χ0v) is 10.3. The Balaban J connectivity index is 2.82. The van der Waals surface area contributed by atoms with Crippen LogP contribution in [0.5, 0.6) is 0 Å². The topological polar surface area (TPSA) is 165 Å². The van der Waals surface area contributed by atoms with Gasteiger partial charge in [0.1, 0.15) is 24.4 Å². The molecule has 9 nitrogen and oxygen atoms in total. The minimum atomic E-state index is -1.69. The van der Waals surface area contributed by atoms with E-state index in [0.29, 0.717) is 0 Å². The number of hydrogen-bond acceptors (Lipinski definition) is 7. The number of amides is 2. The molecule has 6 atom stereocenters. The van der Waals surface area contributed by atoms with E-state index in [1.165, 1.54) is 0 Å². The summed E-state index contributed by atoms with van der Waals surface area (Å²) in [5, 5.41) is 28.8. The Morgan fingerprint density at radius 3 is 2.21 bits per heavy atom. The number of carbonyl (C=O) groups excluding carboxylic acids is 2. The van der Waals surface area contributed by atoms with Crippen molar-refractivity contribution in [2.75, 3.05) is 0 Å². The molecule has 7 N–H and O–H groups in total. The molecule has 9 heteroatoms. The van der Waals surface area contributed by atoms with Crippen molar-refractivity contribution in [2.24, 2.45) is 11.5 Å². The maximum Gasteiger partial charge on any atom is 0.249 e. The maximum absolute atomic E-state index is 11.0. The van der Waals surface area contributed by atoms with Gasteiger partial charge in [0.15, 0.2) is 12.4 Å². The normalized spacial score (nSPS) is 36.7. The van der Waals surface area contributed by atoms with Gasteiger partial charge in [-0.2, -0.15) is 0 Å². The van der Waals surface area contributed by atoms with Crippen molar-refractivity contribution in [3.8, 4) is 0 Å². The molecule has 110 valence electrons. The summed E-state index contributed by atoms with van der Waals surface area (Å²) in [6, 6.07) is 0. The quantitative estimate of drug-likeness (QED) is 0.349. The van der Waals surface area contributed by atoms with E-state index in [1.807, 2.05) is 0 Å². The van der Waals surface area contributed by atoms with Crippen LogP contribution in [0.3, 0.4) is 0 Å². The van der Waals surface area contributed by atoms with Crippen molar-refractivity contribution in [3.63, 3.8) is 0 Å². The molecule has 0 aromatic heterocycles. The Hall–Kier alpha value is -1.26. The molecule has 0 spiro atoms. The minimum absolute atomic E-state index is 0.210. The van der Waals surface area contributed by atoms with Crippen molar-refractivity contribution < 1.29 is 34.4 Å². The molecule has 1 aliphatic heterocycles. The summed E-state index contributed by atoms with van der Waals surface area (Å²) in [5.41, 5.74) is 10.0.